The number of hydrogen-bond donors (Lipinski definition) is 2. The number of carbonyl (C=O) groups excluding carboxylic acids is 2. The van der Waals surface area contributed by atoms with Gasteiger partial charge < -0.3 is 10.6 Å². The van der Waals surface area contributed by atoms with E-state index in [9.17, 15) is 9.59 Å². The molecule has 2 aromatic rings. The van der Waals surface area contributed by atoms with E-state index in [1.807, 2.05) is 7.05 Å². The van der Waals surface area contributed by atoms with Crippen LogP contribution in [0.3, 0.4) is 0 Å². The normalized spacial score (nSPS) is 17.7. The zero-order chi connectivity index (χ0) is 17.6. The summed E-state index contributed by atoms with van der Waals surface area (Å²) in [5, 5.41) is 5.66. The van der Waals surface area contributed by atoms with Crippen LogP contribution in [0, 0.1) is 0 Å². The summed E-state index contributed by atoms with van der Waals surface area (Å²) in [6.45, 7) is 0.935. The number of hydrogen-bond acceptors (Lipinski definition) is 4. The van der Waals surface area contributed by atoms with Crippen molar-refractivity contribution in [3.05, 3.63) is 54.2 Å². The molecule has 6 nitrogen and oxygen atoms in total. The molecule has 0 spiro atoms. The van der Waals surface area contributed by atoms with Crippen LogP contribution in [0.2, 0.25) is 0 Å². The Balaban J connectivity index is 1.66. The molecule has 0 aliphatic carbocycles. The molecule has 0 unspecified atom stereocenters. The lowest BCUT2D eigenvalue weighted by Crippen LogP contribution is -2.44. The van der Waals surface area contributed by atoms with Crippen LogP contribution in [-0.2, 0) is 4.79 Å². The fourth-order valence-electron chi connectivity index (χ4n) is 3.00. The van der Waals surface area contributed by atoms with Crippen molar-refractivity contribution in [3.8, 4) is 0 Å². The lowest BCUT2D eigenvalue weighted by Gasteiger charge is -2.31. The smallest absolute Gasteiger partial charge is 0.256 e. The van der Waals surface area contributed by atoms with Crippen LogP contribution < -0.4 is 10.6 Å². The van der Waals surface area contributed by atoms with Gasteiger partial charge in [0.2, 0.25) is 5.91 Å². The number of pyridine rings is 1. The molecule has 1 fully saturated rings. The van der Waals surface area contributed by atoms with Gasteiger partial charge in [-0.2, -0.15) is 0 Å². The van der Waals surface area contributed by atoms with E-state index in [0.29, 0.717) is 17.1 Å². The van der Waals surface area contributed by atoms with Crippen LogP contribution in [0.4, 0.5) is 11.5 Å². The number of amides is 2. The van der Waals surface area contributed by atoms with Crippen LogP contribution in [0.25, 0.3) is 0 Å². The predicted molar refractivity (Wildman–Crippen MR) is 97.5 cm³/mol. The van der Waals surface area contributed by atoms with E-state index in [0.717, 1.165) is 25.8 Å². The zero-order valence-corrected chi connectivity index (χ0v) is 14.2. The van der Waals surface area contributed by atoms with Gasteiger partial charge in [0, 0.05) is 17.4 Å². The standard InChI is InChI=1S/C19H22N4O2/c1-23-12-5-3-9-16(23)19(25)21-15-8-6-7-14(13-15)18(24)22-17-10-2-4-11-20-17/h2,4,6-8,10-11,13,16H,3,5,9,12H2,1H3,(H,21,25)(H,20,22,24)/t16-/m1/s1. The summed E-state index contributed by atoms with van der Waals surface area (Å²) in [6, 6.07) is 12.1. The maximum atomic E-state index is 12.5. The number of nitrogens with one attached hydrogen (secondary N) is 2. The summed E-state index contributed by atoms with van der Waals surface area (Å²) in [5.41, 5.74) is 1.10. The largest absolute Gasteiger partial charge is 0.325 e. The fraction of sp³-hybridized carbons (Fsp3) is 0.316. The molecule has 1 aliphatic rings. The molecular formula is C19H22N4O2. The number of rotatable bonds is 4. The molecule has 2 amide bonds. The first-order chi connectivity index (χ1) is 12.1. The van der Waals surface area contributed by atoms with Gasteiger partial charge in [0.1, 0.15) is 5.82 Å². The average Bonchev–Trinajstić information content (AvgIpc) is 2.63. The lowest BCUT2D eigenvalue weighted by molar-refractivity contribution is -0.121. The minimum atomic E-state index is -0.260. The highest BCUT2D eigenvalue weighted by atomic mass is 16.2. The van der Waals surface area contributed by atoms with Crippen molar-refractivity contribution in [1.29, 1.82) is 0 Å². The molecule has 25 heavy (non-hydrogen) atoms. The van der Waals surface area contributed by atoms with E-state index < -0.39 is 0 Å². The summed E-state index contributed by atoms with van der Waals surface area (Å²) < 4.78 is 0. The van der Waals surface area contributed by atoms with Crippen LogP contribution in [0.5, 0.6) is 0 Å². The van der Waals surface area contributed by atoms with Crippen molar-refractivity contribution in [2.24, 2.45) is 0 Å². The second-order valence-corrected chi connectivity index (χ2v) is 6.23. The molecule has 3 rings (SSSR count). The second kappa shape index (κ2) is 7.90. The van der Waals surface area contributed by atoms with Gasteiger partial charge in [-0.3, -0.25) is 14.5 Å². The third-order valence-electron chi connectivity index (χ3n) is 4.37. The molecular weight excluding hydrogens is 316 g/mol. The van der Waals surface area contributed by atoms with Crippen molar-refractivity contribution in [2.45, 2.75) is 25.3 Å². The molecule has 0 saturated carbocycles. The third-order valence-corrected chi connectivity index (χ3v) is 4.37. The van der Waals surface area contributed by atoms with Crippen LogP contribution in [0.15, 0.2) is 48.7 Å². The second-order valence-electron chi connectivity index (χ2n) is 6.23. The number of anilines is 2. The van der Waals surface area contributed by atoms with Gasteiger partial charge in [-0.25, -0.2) is 4.98 Å². The first kappa shape index (κ1) is 17.1. The van der Waals surface area contributed by atoms with Crippen molar-refractivity contribution in [3.63, 3.8) is 0 Å². The summed E-state index contributed by atoms with van der Waals surface area (Å²) in [7, 11) is 1.97. The minimum Gasteiger partial charge on any atom is -0.325 e. The molecule has 6 heteroatoms. The predicted octanol–water partition coefficient (Wildman–Crippen LogP) is 2.76. The van der Waals surface area contributed by atoms with Crippen LogP contribution in [0.1, 0.15) is 29.6 Å². The van der Waals surface area contributed by atoms with Crippen molar-refractivity contribution < 1.29 is 9.59 Å². The Bertz CT molecular complexity index is 748. The third kappa shape index (κ3) is 4.42. The molecule has 1 aromatic carbocycles. The first-order valence-electron chi connectivity index (χ1n) is 8.47. The number of piperidine rings is 1. The monoisotopic (exact) mass is 338 g/mol. The Morgan fingerprint density at radius 3 is 2.76 bits per heavy atom. The highest BCUT2D eigenvalue weighted by Crippen LogP contribution is 2.18. The summed E-state index contributed by atoms with van der Waals surface area (Å²) in [6.07, 6.45) is 4.67. The van der Waals surface area contributed by atoms with Gasteiger partial charge in [0.25, 0.3) is 5.91 Å². The van der Waals surface area contributed by atoms with E-state index in [-0.39, 0.29) is 17.9 Å². The summed E-state index contributed by atoms with van der Waals surface area (Å²) in [4.78, 5) is 31.0. The highest BCUT2D eigenvalue weighted by Gasteiger charge is 2.25. The number of nitrogens with zero attached hydrogens (tertiary/aromatic N) is 2. The van der Waals surface area contributed by atoms with Gasteiger partial charge in [-0.15, -0.1) is 0 Å². The maximum absolute atomic E-state index is 12.5. The topological polar surface area (TPSA) is 74.3 Å². The number of carbonyl (C=O) groups is 2. The van der Waals surface area contributed by atoms with Crippen molar-refractivity contribution in [1.82, 2.24) is 9.88 Å². The molecule has 2 N–H and O–H groups in total. The van der Waals surface area contributed by atoms with Gasteiger partial charge in [0.15, 0.2) is 0 Å². The molecule has 2 heterocycles. The number of likely N-dealkylation sites (tertiary alicyclic amines) is 1. The van der Waals surface area contributed by atoms with E-state index >= 15 is 0 Å². The number of likely N-dealkylation sites (N-methyl/N-ethyl adjacent to an activating group) is 1. The zero-order valence-electron chi connectivity index (χ0n) is 14.2. The number of benzene rings is 1. The van der Waals surface area contributed by atoms with Gasteiger partial charge >= 0.3 is 0 Å². The van der Waals surface area contributed by atoms with Gasteiger partial charge in [-0.1, -0.05) is 18.6 Å². The van der Waals surface area contributed by atoms with E-state index in [2.05, 4.69) is 20.5 Å². The summed E-state index contributed by atoms with van der Waals surface area (Å²) in [5.74, 6) is 0.208. The molecule has 1 aliphatic heterocycles. The van der Waals surface area contributed by atoms with Crippen molar-refractivity contribution in [2.75, 3.05) is 24.2 Å². The Kier molecular flexibility index (Phi) is 5.40. The Hall–Kier alpha value is -2.73. The van der Waals surface area contributed by atoms with E-state index in [1.54, 1.807) is 48.7 Å². The molecule has 1 aromatic heterocycles. The highest BCUT2D eigenvalue weighted by molar-refractivity contribution is 6.05. The average molecular weight is 338 g/mol. The molecule has 130 valence electrons. The Morgan fingerprint density at radius 1 is 1.12 bits per heavy atom. The van der Waals surface area contributed by atoms with Crippen LogP contribution in [-0.4, -0.2) is 41.3 Å². The maximum Gasteiger partial charge on any atom is 0.256 e. The number of aromatic nitrogens is 1. The molecule has 1 atom stereocenters. The van der Waals surface area contributed by atoms with Crippen molar-refractivity contribution >= 4 is 23.3 Å². The van der Waals surface area contributed by atoms with Gasteiger partial charge in [-0.05, 0) is 56.8 Å². The molecule has 1 saturated heterocycles. The summed E-state index contributed by atoms with van der Waals surface area (Å²) >= 11 is 0. The Labute approximate surface area is 147 Å². The fourth-order valence-corrected chi connectivity index (χ4v) is 3.00. The quantitative estimate of drug-likeness (QED) is 0.899. The molecule has 0 bridgehead atoms. The molecule has 0 radical (unpaired) electrons. The van der Waals surface area contributed by atoms with Crippen LogP contribution >= 0.6 is 0 Å². The SMILES string of the molecule is CN1CCCC[C@@H]1C(=O)Nc1cccc(C(=O)Nc2ccccn2)c1. The lowest BCUT2D eigenvalue weighted by atomic mass is 10.0. The Morgan fingerprint density at radius 2 is 2.00 bits per heavy atom. The van der Waals surface area contributed by atoms with E-state index in [1.165, 1.54) is 0 Å². The van der Waals surface area contributed by atoms with Gasteiger partial charge in [0.05, 0.1) is 6.04 Å². The minimum absolute atomic E-state index is 0.0236. The van der Waals surface area contributed by atoms with E-state index in [4.69, 9.17) is 0 Å². The first-order valence-corrected chi connectivity index (χ1v) is 8.47.